The molecule has 0 spiro atoms. The minimum atomic E-state index is -3.50. The van der Waals surface area contributed by atoms with Gasteiger partial charge in [0.15, 0.2) is 0 Å². The van der Waals surface area contributed by atoms with E-state index in [1.165, 1.54) is 0 Å². The Hall–Kier alpha value is -1.00. The number of carboxylic acid groups (broad SMARTS) is 1. The van der Waals surface area contributed by atoms with Gasteiger partial charge in [-0.25, -0.2) is 8.78 Å². The second-order valence-electron chi connectivity index (χ2n) is 3.01. The number of alkyl halides is 2. The molecule has 0 fully saturated rings. The Morgan fingerprint density at radius 1 is 1.50 bits per heavy atom. The van der Waals surface area contributed by atoms with E-state index >= 15 is 0 Å². The fourth-order valence-corrected chi connectivity index (χ4v) is 0.516. The van der Waals surface area contributed by atoms with E-state index in [2.05, 4.69) is 0 Å². The highest BCUT2D eigenvalue weighted by Crippen LogP contribution is 2.38. The van der Waals surface area contributed by atoms with Crippen LogP contribution in [0.15, 0.2) is 0 Å². The number of hydrogen-bond donors (Lipinski definition) is 1. The molecule has 1 N–H and O–H groups in total. The van der Waals surface area contributed by atoms with Gasteiger partial charge in [-0.3, -0.25) is 4.79 Å². The molecule has 0 aliphatic heterocycles. The van der Waals surface area contributed by atoms with Crippen molar-refractivity contribution in [1.82, 2.24) is 0 Å². The third kappa shape index (κ3) is 1.78. The number of aldehydes is 1. The summed E-state index contributed by atoms with van der Waals surface area (Å²) in [6.07, 6.45) is -1.04. The van der Waals surface area contributed by atoms with Crippen LogP contribution in [0.25, 0.3) is 0 Å². The molecule has 0 aromatic carbocycles. The average molecular weight is 180 g/mol. The van der Waals surface area contributed by atoms with E-state index in [0.29, 0.717) is 0 Å². The molecule has 0 aliphatic rings. The molecule has 3 nitrogen and oxygen atoms in total. The highest BCUT2D eigenvalue weighted by molar-refractivity contribution is 5.75. The summed E-state index contributed by atoms with van der Waals surface area (Å²) >= 11 is 0. The van der Waals surface area contributed by atoms with Gasteiger partial charge in [0.05, 0.1) is 6.42 Å². The van der Waals surface area contributed by atoms with Crippen LogP contribution in [-0.2, 0) is 9.59 Å². The third-order valence-electron chi connectivity index (χ3n) is 1.79. The van der Waals surface area contributed by atoms with Crippen LogP contribution < -0.4 is 0 Å². The molecule has 5 heteroatoms. The SMILES string of the molecule is CC(C)(C(=O)O)C(F)(F)CC=O. The zero-order valence-corrected chi connectivity index (χ0v) is 6.80. The topological polar surface area (TPSA) is 54.4 Å². The summed E-state index contributed by atoms with van der Waals surface area (Å²) in [5.74, 6) is -5.12. The molecule has 0 aromatic rings. The molecule has 12 heavy (non-hydrogen) atoms. The van der Waals surface area contributed by atoms with Gasteiger partial charge in [-0.1, -0.05) is 0 Å². The Morgan fingerprint density at radius 2 is 1.92 bits per heavy atom. The monoisotopic (exact) mass is 180 g/mol. The van der Waals surface area contributed by atoms with E-state index in [4.69, 9.17) is 5.11 Å². The van der Waals surface area contributed by atoms with Gasteiger partial charge in [0.25, 0.3) is 5.92 Å². The highest BCUT2D eigenvalue weighted by Gasteiger charge is 2.51. The molecular weight excluding hydrogens is 170 g/mol. The minimum absolute atomic E-state index is 0.0185. The van der Waals surface area contributed by atoms with Gasteiger partial charge >= 0.3 is 5.97 Å². The lowest BCUT2D eigenvalue weighted by molar-refractivity contribution is -0.173. The first-order chi connectivity index (χ1) is 5.25. The van der Waals surface area contributed by atoms with Crippen molar-refractivity contribution in [3.8, 4) is 0 Å². The molecule has 0 unspecified atom stereocenters. The fraction of sp³-hybridized carbons (Fsp3) is 0.714. The maximum absolute atomic E-state index is 12.8. The van der Waals surface area contributed by atoms with Crippen LogP contribution in [0.4, 0.5) is 8.78 Å². The molecule has 0 bridgehead atoms. The van der Waals surface area contributed by atoms with Crippen molar-refractivity contribution >= 4 is 12.3 Å². The van der Waals surface area contributed by atoms with Gasteiger partial charge < -0.3 is 9.90 Å². The van der Waals surface area contributed by atoms with Crippen LogP contribution in [0.5, 0.6) is 0 Å². The Labute approximate surface area is 68.4 Å². The Morgan fingerprint density at radius 3 is 2.17 bits per heavy atom. The van der Waals surface area contributed by atoms with Crippen LogP contribution in [0.2, 0.25) is 0 Å². The molecule has 0 atom stereocenters. The third-order valence-corrected chi connectivity index (χ3v) is 1.79. The van der Waals surface area contributed by atoms with Gasteiger partial charge in [-0.15, -0.1) is 0 Å². The van der Waals surface area contributed by atoms with E-state index in [-0.39, 0.29) is 6.29 Å². The summed E-state index contributed by atoms with van der Waals surface area (Å²) in [5, 5.41) is 8.41. The smallest absolute Gasteiger partial charge is 0.315 e. The van der Waals surface area contributed by atoms with Gasteiger partial charge in [-0.05, 0) is 13.8 Å². The normalized spacial score (nSPS) is 12.7. The fourth-order valence-electron chi connectivity index (χ4n) is 0.516. The number of aliphatic carboxylic acids is 1. The first-order valence-electron chi connectivity index (χ1n) is 3.30. The van der Waals surface area contributed by atoms with Crippen molar-refractivity contribution in [2.45, 2.75) is 26.2 Å². The van der Waals surface area contributed by atoms with Crippen molar-refractivity contribution < 1.29 is 23.5 Å². The molecule has 0 saturated heterocycles. The molecule has 0 aromatic heterocycles. The van der Waals surface area contributed by atoms with Gasteiger partial charge in [0.1, 0.15) is 11.7 Å². The van der Waals surface area contributed by atoms with E-state index in [0.717, 1.165) is 13.8 Å². The van der Waals surface area contributed by atoms with Crippen LogP contribution in [0.3, 0.4) is 0 Å². The van der Waals surface area contributed by atoms with Gasteiger partial charge in [0.2, 0.25) is 0 Å². The quantitative estimate of drug-likeness (QED) is 0.664. The maximum Gasteiger partial charge on any atom is 0.315 e. The molecule has 0 heterocycles. The molecule has 0 amide bonds. The summed E-state index contributed by atoms with van der Waals surface area (Å²) in [4.78, 5) is 20.2. The molecule has 0 aliphatic carbocycles. The number of carbonyl (C=O) groups is 2. The number of rotatable bonds is 4. The Kier molecular flexibility index (Phi) is 2.90. The lowest BCUT2D eigenvalue weighted by Crippen LogP contribution is -2.43. The van der Waals surface area contributed by atoms with Crippen molar-refractivity contribution in [1.29, 1.82) is 0 Å². The van der Waals surface area contributed by atoms with Gasteiger partial charge in [0, 0.05) is 0 Å². The maximum atomic E-state index is 12.8. The zero-order chi connectivity index (χ0) is 9.99. The zero-order valence-electron chi connectivity index (χ0n) is 6.80. The van der Waals surface area contributed by atoms with Crippen LogP contribution in [0, 0.1) is 5.41 Å². The van der Waals surface area contributed by atoms with E-state index in [1.807, 2.05) is 0 Å². The van der Waals surface area contributed by atoms with E-state index in [9.17, 15) is 18.4 Å². The first kappa shape index (κ1) is 11.0. The number of halogens is 2. The van der Waals surface area contributed by atoms with Gasteiger partial charge in [-0.2, -0.15) is 0 Å². The highest BCUT2D eigenvalue weighted by atomic mass is 19.3. The van der Waals surface area contributed by atoms with Crippen LogP contribution in [-0.4, -0.2) is 23.3 Å². The summed E-state index contributed by atoms with van der Waals surface area (Å²) in [6, 6.07) is 0. The van der Waals surface area contributed by atoms with Crippen molar-refractivity contribution in [3.63, 3.8) is 0 Å². The number of carbonyl (C=O) groups excluding carboxylic acids is 1. The molecule has 70 valence electrons. The summed E-state index contributed by atoms with van der Waals surface area (Å²) < 4.78 is 25.7. The largest absolute Gasteiger partial charge is 0.481 e. The summed E-state index contributed by atoms with van der Waals surface area (Å²) in [7, 11) is 0. The number of hydrogen-bond acceptors (Lipinski definition) is 2. The number of carboxylic acids is 1. The second kappa shape index (κ2) is 3.16. The minimum Gasteiger partial charge on any atom is -0.481 e. The predicted molar refractivity (Wildman–Crippen MR) is 37.0 cm³/mol. The Bertz CT molecular complexity index is 199. The van der Waals surface area contributed by atoms with Crippen LogP contribution in [0.1, 0.15) is 20.3 Å². The lowest BCUT2D eigenvalue weighted by Gasteiger charge is -2.28. The summed E-state index contributed by atoms with van der Waals surface area (Å²) in [6.45, 7) is 1.78. The van der Waals surface area contributed by atoms with E-state index < -0.39 is 23.7 Å². The first-order valence-corrected chi connectivity index (χ1v) is 3.30. The average Bonchev–Trinajstić information content (AvgIpc) is 1.86. The van der Waals surface area contributed by atoms with Crippen molar-refractivity contribution in [3.05, 3.63) is 0 Å². The van der Waals surface area contributed by atoms with Crippen molar-refractivity contribution in [2.24, 2.45) is 5.41 Å². The Balaban J connectivity index is 4.73. The predicted octanol–water partition coefficient (Wildman–Crippen LogP) is 1.32. The van der Waals surface area contributed by atoms with E-state index in [1.54, 1.807) is 0 Å². The molecule has 0 saturated carbocycles. The molecule has 0 rings (SSSR count). The molecular formula is C7H10F2O3. The lowest BCUT2D eigenvalue weighted by atomic mass is 9.84. The van der Waals surface area contributed by atoms with Crippen molar-refractivity contribution in [2.75, 3.05) is 0 Å². The second-order valence-corrected chi connectivity index (χ2v) is 3.01. The molecule has 0 radical (unpaired) electrons. The summed E-state index contributed by atoms with van der Waals surface area (Å²) in [5.41, 5.74) is -2.20. The van der Waals surface area contributed by atoms with Crippen LogP contribution >= 0.6 is 0 Å². The standard InChI is InChI=1S/C7H10F2O3/c1-6(2,5(11)12)7(8,9)3-4-10/h4H,3H2,1-2H3,(H,11,12).